The van der Waals surface area contributed by atoms with E-state index in [2.05, 4.69) is 43.0 Å². The first-order chi connectivity index (χ1) is 10.7. The first kappa shape index (κ1) is 16.0. The van der Waals surface area contributed by atoms with Crippen molar-refractivity contribution in [3.8, 4) is 0 Å². The van der Waals surface area contributed by atoms with Gasteiger partial charge in [-0.3, -0.25) is 4.79 Å². The second kappa shape index (κ2) is 7.60. The number of nitrogens with one attached hydrogen (secondary N) is 1. The number of anilines is 2. The summed E-state index contributed by atoms with van der Waals surface area (Å²) in [5, 5.41) is 12.2. The molecule has 0 saturated carbocycles. The highest BCUT2D eigenvalue weighted by Gasteiger charge is 2.17. The van der Waals surface area contributed by atoms with Crippen LogP contribution in [0.15, 0.2) is 28.6 Å². The van der Waals surface area contributed by atoms with Crippen molar-refractivity contribution in [2.24, 2.45) is 0 Å². The Hall–Kier alpha value is -0.870. The fourth-order valence-corrected chi connectivity index (χ4v) is 4.21. The molecule has 2 aromatic rings. The van der Waals surface area contributed by atoms with Crippen LogP contribution in [0.25, 0.3) is 0 Å². The van der Waals surface area contributed by atoms with Gasteiger partial charge in [0.25, 0.3) is 0 Å². The number of benzene rings is 1. The Morgan fingerprint density at radius 3 is 2.73 bits per heavy atom. The molecule has 5 nitrogen and oxygen atoms in total. The molecule has 1 saturated heterocycles. The number of nitrogens with zero attached hydrogens (tertiary/aromatic N) is 3. The van der Waals surface area contributed by atoms with E-state index in [1.165, 1.54) is 24.6 Å². The zero-order valence-corrected chi connectivity index (χ0v) is 15.6. The standard InChI is InChI=1S/C14H15IN4OS2/c15-10-3-5-11(6-4-10)16-12(20)9-21-14-18-17-13(22-14)19-7-1-2-8-19/h3-6H,1-2,7-9H2,(H,16,20). The minimum atomic E-state index is -0.0240. The van der Waals surface area contributed by atoms with E-state index in [0.29, 0.717) is 5.75 Å². The molecule has 0 radical (unpaired) electrons. The van der Waals surface area contributed by atoms with Gasteiger partial charge in [0.1, 0.15) is 0 Å². The summed E-state index contributed by atoms with van der Waals surface area (Å²) in [5.41, 5.74) is 0.820. The number of aromatic nitrogens is 2. The van der Waals surface area contributed by atoms with Crippen LogP contribution in [-0.2, 0) is 4.79 Å². The smallest absolute Gasteiger partial charge is 0.234 e. The number of thioether (sulfide) groups is 1. The Labute approximate surface area is 151 Å². The average molecular weight is 446 g/mol. The van der Waals surface area contributed by atoms with Gasteiger partial charge in [-0.15, -0.1) is 10.2 Å². The summed E-state index contributed by atoms with van der Waals surface area (Å²) >= 11 is 5.24. The minimum absolute atomic E-state index is 0.0240. The van der Waals surface area contributed by atoms with Crippen LogP contribution in [0.1, 0.15) is 12.8 Å². The maximum atomic E-state index is 11.9. The summed E-state index contributed by atoms with van der Waals surface area (Å²) in [4.78, 5) is 14.2. The van der Waals surface area contributed by atoms with Crippen LogP contribution in [0.5, 0.6) is 0 Å². The van der Waals surface area contributed by atoms with E-state index in [1.807, 2.05) is 24.3 Å². The monoisotopic (exact) mass is 446 g/mol. The third-order valence-electron chi connectivity index (χ3n) is 3.23. The predicted octanol–water partition coefficient (Wildman–Crippen LogP) is 3.47. The number of rotatable bonds is 5. The molecule has 1 N–H and O–H groups in total. The third kappa shape index (κ3) is 4.32. The molecule has 1 aromatic carbocycles. The third-order valence-corrected chi connectivity index (χ3v) is 6.06. The summed E-state index contributed by atoms with van der Waals surface area (Å²) < 4.78 is 1.99. The Kier molecular flexibility index (Phi) is 5.53. The van der Waals surface area contributed by atoms with Crippen molar-refractivity contribution >= 4 is 62.4 Å². The molecule has 2 heterocycles. The lowest BCUT2D eigenvalue weighted by Crippen LogP contribution is -2.17. The summed E-state index contributed by atoms with van der Waals surface area (Å²) in [7, 11) is 0. The van der Waals surface area contributed by atoms with Crippen LogP contribution < -0.4 is 10.2 Å². The van der Waals surface area contributed by atoms with Crippen molar-refractivity contribution in [3.63, 3.8) is 0 Å². The first-order valence-corrected chi connectivity index (χ1v) is 9.85. The molecule has 116 valence electrons. The van der Waals surface area contributed by atoms with Gasteiger partial charge in [-0.05, 0) is 59.7 Å². The molecule has 1 amide bonds. The number of amides is 1. The predicted molar refractivity (Wildman–Crippen MR) is 99.9 cm³/mol. The van der Waals surface area contributed by atoms with Crippen LogP contribution in [0, 0.1) is 3.57 Å². The fraction of sp³-hybridized carbons (Fsp3) is 0.357. The van der Waals surface area contributed by atoms with Crippen molar-refractivity contribution in [3.05, 3.63) is 27.8 Å². The zero-order chi connectivity index (χ0) is 15.4. The normalized spacial score (nSPS) is 14.3. The van der Waals surface area contributed by atoms with Crippen LogP contribution in [-0.4, -0.2) is 34.9 Å². The molecular weight excluding hydrogens is 431 g/mol. The number of carbonyl (C=O) groups is 1. The molecule has 1 aromatic heterocycles. The second-order valence-corrected chi connectivity index (χ2v) is 8.31. The molecule has 1 aliphatic heterocycles. The van der Waals surface area contributed by atoms with E-state index in [1.54, 1.807) is 11.3 Å². The van der Waals surface area contributed by atoms with Gasteiger partial charge in [0.05, 0.1) is 5.75 Å². The van der Waals surface area contributed by atoms with E-state index in [0.717, 1.165) is 31.8 Å². The number of carbonyl (C=O) groups excluding carboxylic acids is 1. The Bertz CT molecular complexity index is 641. The molecule has 22 heavy (non-hydrogen) atoms. The molecule has 0 aliphatic carbocycles. The van der Waals surface area contributed by atoms with Crippen LogP contribution >= 0.6 is 45.7 Å². The molecule has 1 fully saturated rings. The van der Waals surface area contributed by atoms with Gasteiger partial charge in [0.15, 0.2) is 4.34 Å². The van der Waals surface area contributed by atoms with E-state index in [9.17, 15) is 4.79 Å². The molecule has 0 unspecified atom stereocenters. The van der Waals surface area contributed by atoms with Gasteiger partial charge in [-0.1, -0.05) is 23.1 Å². The Morgan fingerprint density at radius 2 is 2.00 bits per heavy atom. The SMILES string of the molecule is O=C(CSc1nnc(N2CCCC2)s1)Nc1ccc(I)cc1. The molecule has 0 bridgehead atoms. The van der Waals surface area contributed by atoms with Gasteiger partial charge >= 0.3 is 0 Å². The van der Waals surface area contributed by atoms with Gasteiger partial charge in [-0.25, -0.2) is 0 Å². The summed E-state index contributed by atoms with van der Waals surface area (Å²) in [6, 6.07) is 7.74. The second-order valence-electron chi connectivity index (χ2n) is 4.89. The maximum Gasteiger partial charge on any atom is 0.234 e. The zero-order valence-electron chi connectivity index (χ0n) is 11.8. The number of halogens is 1. The van der Waals surface area contributed by atoms with Gasteiger partial charge in [0, 0.05) is 22.3 Å². The minimum Gasteiger partial charge on any atom is -0.347 e. The fourth-order valence-electron chi connectivity index (χ4n) is 2.15. The largest absolute Gasteiger partial charge is 0.347 e. The molecule has 8 heteroatoms. The highest BCUT2D eigenvalue weighted by Crippen LogP contribution is 2.29. The number of hydrogen-bond acceptors (Lipinski definition) is 6. The lowest BCUT2D eigenvalue weighted by molar-refractivity contribution is -0.113. The highest BCUT2D eigenvalue weighted by atomic mass is 127. The van der Waals surface area contributed by atoms with E-state index in [-0.39, 0.29) is 5.91 Å². The highest BCUT2D eigenvalue weighted by molar-refractivity contribution is 14.1. The molecule has 3 rings (SSSR count). The molecule has 0 spiro atoms. The van der Waals surface area contributed by atoms with Gasteiger partial charge in [0.2, 0.25) is 11.0 Å². The molecular formula is C14H15IN4OS2. The molecule has 1 aliphatic rings. The lowest BCUT2D eigenvalue weighted by atomic mass is 10.3. The average Bonchev–Trinajstić information content (AvgIpc) is 3.18. The van der Waals surface area contributed by atoms with Gasteiger partial charge < -0.3 is 10.2 Å². The maximum absolute atomic E-state index is 11.9. The van der Waals surface area contributed by atoms with Crippen molar-refractivity contribution in [1.82, 2.24) is 10.2 Å². The van der Waals surface area contributed by atoms with E-state index >= 15 is 0 Å². The summed E-state index contributed by atoms with van der Waals surface area (Å²) in [6.45, 7) is 2.12. The Balaban J connectivity index is 1.49. The van der Waals surface area contributed by atoms with Crippen LogP contribution in [0.4, 0.5) is 10.8 Å². The topological polar surface area (TPSA) is 58.1 Å². The van der Waals surface area contributed by atoms with Crippen molar-refractivity contribution in [1.29, 1.82) is 0 Å². The lowest BCUT2D eigenvalue weighted by Gasteiger charge is -2.10. The Morgan fingerprint density at radius 1 is 1.27 bits per heavy atom. The van der Waals surface area contributed by atoms with E-state index in [4.69, 9.17) is 0 Å². The van der Waals surface area contributed by atoms with E-state index < -0.39 is 0 Å². The van der Waals surface area contributed by atoms with Crippen LogP contribution in [0.2, 0.25) is 0 Å². The summed E-state index contributed by atoms with van der Waals surface area (Å²) in [5.74, 6) is 0.324. The van der Waals surface area contributed by atoms with Crippen LogP contribution in [0.3, 0.4) is 0 Å². The van der Waals surface area contributed by atoms with Crippen molar-refractivity contribution in [2.75, 3.05) is 29.1 Å². The molecule has 0 atom stereocenters. The quantitative estimate of drug-likeness (QED) is 0.563. The van der Waals surface area contributed by atoms with Crippen molar-refractivity contribution in [2.45, 2.75) is 17.2 Å². The van der Waals surface area contributed by atoms with Crippen molar-refractivity contribution < 1.29 is 4.79 Å². The number of hydrogen-bond donors (Lipinski definition) is 1. The first-order valence-electron chi connectivity index (χ1n) is 6.97. The van der Waals surface area contributed by atoms with Gasteiger partial charge in [-0.2, -0.15) is 0 Å². The summed E-state index contributed by atoms with van der Waals surface area (Å²) in [6.07, 6.45) is 2.45.